The molecule has 0 radical (unpaired) electrons. The minimum Gasteiger partial charge on any atom is -0.550 e. The maximum Gasteiger partial charge on any atom is 1.00 e. The van der Waals surface area contributed by atoms with Crippen molar-refractivity contribution in [2.24, 2.45) is 5.92 Å². The summed E-state index contributed by atoms with van der Waals surface area (Å²) in [7, 11) is -4.87. The molecule has 2 atom stereocenters. The zero-order valence-electron chi connectivity index (χ0n) is 17.8. The molecule has 0 saturated carbocycles. The van der Waals surface area contributed by atoms with E-state index >= 15 is 0 Å². The Morgan fingerprint density at radius 3 is 1.93 bits per heavy atom. The van der Waals surface area contributed by atoms with Crippen molar-refractivity contribution >= 4 is 22.1 Å². The molecule has 0 aromatic rings. The molecule has 0 amide bonds. The molecule has 0 aliphatic heterocycles. The van der Waals surface area contributed by atoms with Crippen LogP contribution >= 0.6 is 0 Å². The van der Waals surface area contributed by atoms with Crippen LogP contribution in [0.5, 0.6) is 0 Å². The van der Waals surface area contributed by atoms with Crippen molar-refractivity contribution in [3.63, 3.8) is 0 Å². The summed E-state index contributed by atoms with van der Waals surface area (Å²) in [6.07, 6.45) is 8.57. The summed E-state index contributed by atoms with van der Waals surface area (Å²) >= 11 is 0. The molecule has 0 saturated heterocycles. The fraction of sp³-hybridized carbons (Fsp3) is 0.895. The quantitative estimate of drug-likeness (QED) is 0.157. The van der Waals surface area contributed by atoms with E-state index in [0.29, 0.717) is 12.8 Å². The monoisotopic (exact) mass is 430 g/mol. The van der Waals surface area contributed by atoms with Crippen molar-refractivity contribution < 1.29 is 62.0 Å². The molecular formula is C19H35NaO7S. The third-order valence-corrected chi connectivity index (χ3v) is 5.45. The maximum absolute atomic E-state index is 12.1. The average molecular weight is 431 g/mol. The van der Waals surface area contributed by atoms with Crippen LogP contribution in [-0.4, -0.2) is 36.3 Å². The van der Waals surface area contributed by atoms with Crippen LogP contribution in [0, 0.1) is 5.92 Å². The van der Waals surface area contributed by atoms with Gasteiger partial charge in [0.1, 0.15) is 6.10 Å². The number of carboxylic acids is 1. The zero-order valence-corrected chi connectivity index (χ0v) is 20.6. The van der Waals surface area contributed by atoms with Crippen molar-refractivity contribution in [2.75, 3.05) is 0 Å². The average Bonchev–Trinajstić information content (AvgIpc) is 2.53. The molecule has 7 nitrogen and oxygen atoms in total. The van der Waals surface area contributed by atoms with E-state index < -0.39 is 39.8 Å². The van der Waals surface area contributed by atoms with Gasteiger partial charge < -0.3 is 14.6 Å². The number of rotatable bonds is 16. The molecule has 28 heavy (non-hydrogen) atoms. The van der Waals surface area contributed by atoms with Gasteiger partial charge in [-0.05, 0) is 25.2 Å². The van der Waals surface area contributed by atoms with Crippen LogP contribution in [0.4, 0.5) is 0 Å². The van der Waals surface area contributed by atoms with Gasteiger partial charge in [-0.1, -0.05) is 65.7 Å². The van der Waals surface area contributed by atoms with Gasteiger partial charge >= 0.3 is 35.5 Å². The second kappa shape index (κ2) is 16.6. The largest absolute Gasteiger partial charge is 1.00 e. The van der Waals surface area contributed by atoms with Crippen molar-refractivity contribution in [3.8, 4) is 0 Å². The summed E-state index contributed by atoms with van der Waals surface area (Å²) in [4.78, 5) is 22.8. The van der Waals surface area contributed by atoms with Crippen LogP contribution < -0.4 is 34.7 Å². The second-order valence-corrected chi connectivity index (χ2v) is 9.13. The number of carbonyl (C=O) groups is 2. The first-order valence-electron chi connectivity index (χ1n) is 9.94. The van der Waals surface area contributed by atoms with E-state index in [1.807, 2.05) is 13.8 Å². The number of hydrogen-bond acceptors (Lipinski definition) is 6. The number of carboxylic acid groups (broad SMARTS) is 1. The summed E-state index contributed by atoms with van der Waals surface area (Å²) in [5.74, 6) is -2.74. The van der Waals surface area contributed by atoms with Crippen molar-refractivity contribution in [2.45, 2.75) is 103 Å². The maximum atomic E-state index is 12.1. The standard InChI is InChI=1S/C19H36O7S.Na/c1-4-5-6-7-8-9-10-11-12-16(13-15(2)3)26-19(22)17(14-18(20)21)27(23,24)25;/h15-17H,4-14H2,1-3H3,(H,20,21)(H,23,24,25);/q;+1/p-1. The van der Waals surface area contributed by atoms with Gasteiger partial charge in [0.15, 0.2) is 5.25 Å². The Hall–Kier alpha value is -0.150. The topological polar surface area (TPSA) is 121 Å². The number of ether oxygens (including phenoxy) is 1. The molecule has 0 spiro atoms. The summed E-state index contributed by atoms with van der Waals surface area (Å²) in [5.41, 5.74) is 0. The number of aliphatic carboxylic acids is 1. The van der Waals surface area contributed by atoms with Crippen LogP contribution in [0.1, 0.15) is 91.4 Å². The molecule has 160 valence electrons. The SMILES string of the molecule is CCCCCCCCCCC(CC(C)C)OC(=O)C(CC(=O)[O-])S(=O)(=O)O.[Na+]. The predicted molar refractivity (Wildman–Crippen MR) is 102 cm³/mol. The minimum absolute atomic E-state index is 0. The van der Waals surface area contributed by atoms with Crippen LogP contribution in [0.2, 0.25) is 0 Å². The Labute approximate surface area is 192 Å². The molecule has 9 heteroatoms. The van der Waals surface area contributed by atoms with Gasteiger partial charge in [-0.3, -0.25) is 9.35 Å². The Bertz CT molecular complexity index is 534. The fourth-order valence-electron chi connectivity index (χ4n) is 2.96. The Balaban J connectivity index is 0. The second-order valence-electron chi connectivity index (χ2n) is 7.53. The minimum atomic E-state index is -4.87. The van der Waals surface area contributed by atoms with Crippen LogP contribution in [0.25, 0.3) is 0 Å². The van der Waals surface area contributed by atoms with Crippen molar-refractivity contribution in [1.29, 1.82) is 0 Å². The first kappa shape index (κ1) is 30.0. The predicted octanol–water partition coefficient (Wildman–Crippen LogP) is -0.124. The van der Waals surface area contributed by atoms with E-state index in [9.17, 15) is 23.1 Å². The van der Waals surface area contributed by atoms with E-state index in [0.717, 1.165) is 19.3 Å². The molecule has 0 aromatic carbocycles. The number of esters is 1. The normalized spacial score (nSPS) is 13.6. The molecular weight excluding hydrogens is 395 g/mol. The van der Waals surface area contributed by atoms with Gasteiger partial charge in [-0.25, -0.2) is 0 Å². The van der Waals surface area contributed by atoms with E-state index in [-0.39, 0.29) is 35.5 Å². The Morgan fingerprint density at radius 2 is 1.50 bits per heavy atom. The van der Waals surface area contributed by atoms with Crippen LogP contribution in [0.3, 0.4) is 0 Å². The van der Waals surface area contributed by atoms with Gasteiger partial charge in [0.25, 0.3) is 10.1 Å². The molecule has 0 aliphatic carbocycles. The van der Waals surface area contributed by atoms with E-state index in [2.05, 4.69) is 6.92 Å². The molecule has 0 heterocycles. The molecule has 0 aliphatic rings. The van der Waals surface area contributed by atoms with Crippen molar-refractivity contribution in [1.82, 2.24) is 0 Å². The number of carbonyl (C=O) groups excluding carboxylic acids is 2. The molecule has 0 aromatic heterocycles. The van der Waals surface area contributed by atoms with Gasteiger partial charge in [0.05, 0.1) is 0 Å². The number of hydrogen-bond donors (Lipinski definition) is 1. The molecule has 0 bridgehead atoms. The summed E-state index contributed by atoms with van der Waals surface area (Å²) in [5, 5.41) is 8.53. The third-order valence-electron chi connectivity index (χ3n) is 4.37. The third kappa shape index (κ3) is 15.7. The summed E-state index contributed by atoms with van der Waals surface area (Å²) in [6.45, 7) is 6.09. The molecule has 0 fully saturated rings. The summed E-state index contributed by atoms with van der Waals surface area (Å²) in [6, 6.07) is 0. The molecule has 0 rings (SSSR count). The smallest absolute Gasteiger partial charge is 0.550 e. The van der Waals surface area contributed by atoms with Gasteiger partial charge in [0, 0.05) is 12.4 Å². The fourth-order valence-corrected chi connectivity index (χ4v) is 3.60. The van der Waals surface area contributed by atoms with E-state index in [1.54, 1.807) is 0 Å². The first-order valence-corrected chi connectivity index (χ1v) is 11.4. The first-order chi connectivity index (χ1) is 12.6. The number of unbranched alkanes of at least 4 members (excludes halogenated alkanes) is 7. The van der Waals surface area contributed by atoms with E-state index in [1.165, 1.54) is 32.1 Å². The van der Waals surface area contributed by atoms with Gasteiger partial charge in [0.2, 0.25) is 0 Å². The summed E-state index contributed by atoms with van der Waals surface area (Å²) < 4.78 is 36.9. The van der Waals surface area contributed by atoms with Crippen LogP contribution in [0.15, 0.2) is 0 Å². The van der Waals surface area contributed by atoms with Crippen molar-refractivity contribution in [3.05, 3.63) is 0 Å². The molecule has 2 unspecified atom stereocenters. The van der Waals surface area contributed by atoms with E-state index in [4.69, 9.17) is 9.29 Å². The molecule has 1 N–H and O–H groups in total. The van der Waals surface area contributed by atoms with Crippen LogP contribution in [-0.2, 0) is 24.4 Å². The Morgan fingerprint density at radius 1 is 1.00 bits per heavy atom. The zero-order chi connectivity index (χ0) is 20.9. The van der Waals surface area contributed by atoms with Gasteiger partial charge in [-0.15, -0.1) is 0 Å². The Kier molecular flexibility index (Phi) is 17.8. The van der Waals surface area contributed by atoms with Gasteiger partial charge in [-0.2, -0.15) is 8.42 Å².